The molecule has 158 valence electrons. The van der Waals surface area contributed by atoms with Crippen molar-refractivity contribution in [3.8, 4) is 17.2 Å². The summed E-state index contributed by atoms with van der Waals surface area (Å²) in [5.41, 5.74) is 3.25. The van der Waals surface area contributed by atoms with Crippen LogP contribution in [0.1, 0.15) is 22.6 Å². The van der Waals surface area contributed by atoms with E-state index in [9.17, 15) is 4.79 Å². The maximum Gasteiger partial charge on any atom is 0.336 e. The maximum absolute atomic E-state index is 11.7. The summed E-state index contributed by atoms with van der Waals surface area (Å²) in [4.78, 5) is 11.7. The number of benzene rings is 3. The molecule has 4 aromatic rings. The second-order valence-electron chi connectivity index (χ2n) is 7.32. The fourth-order valence-corrected chi connectivity index (χ4v) is 3.63. The van der Waals surface area contributed by atoms with Gasteiger partial charge in [0, 0.05) is 23.4 Å². The van der Waals surface area contributed by atoms with E-state index in [0.717, 1.165) is 33.6 Å². The number of methoxy groups -OCH3 is 2. The molecule has 0 saturated carbocycles. The topological polar surface area (TPSA) is 57.9 Å². The molecule has 0 aliphatic carbocycles. The van der Waals surface area contributed by atoms with Gasteiger partial charge < -0.3 is 18.6 Å². The van der Waals surface area contributed by atoms with E-state index in [1.54, 1.807) is 20.3 Å². The van der Waals surface area contributed by atoms with Crippen LogP contribution in [0.2, 0.25) is 0 Å². The van der Waals surface area contributed by atoms with Crippen LogP contribution in [0.3, 0.4) is 0 Å². The molecule has 0 fully saturated rings. The van der Waals surface area contributed by atoms with Crippen LogP contribution < -0.4 is 19.8 Å². The highest BCUT2D eigenvalue weighted by Gasteiger charge is 2.16. The van der Waals surface area contributed by atoms with Crippen molar-refractivity contribution in [2.24, 2.45) is 0 Å². The molecule has 0 amide bonds. The Morgan fingerprint density at radius 1 is 0.774 bits per heavy atom. The molecule has 1 heterocycles. The van der Waals surface area contributed by atoms with Crippen molar-refractivity contribution in [1.29, 1.82) is 0 Å². The average Bonchev–Trinajstić information content (AvgIpc) is 2.79. The molecule has 0 N–H and O–H groups in total. The quantitative estimate of drug-likeness (QED) is 0.381. The van der Waals surface area contributed by atoms with Gasteiger partial charge in [-0.1, -0.05) is 24.3 Å². The minimum atomic E-state index is -0.364. The van der Waals surface area contributed by atoms with Crippen LogP contribution in [-0.4, -0.2) is 20.8 Å². The molecule has 0 radical (unpaired) electrons. The molecular formula is C26H24O5. The van der Waals surface area contributed by atoms with E-state index >= 15 is 0 Å². The van der Waals surface area contributed by atoms with E-state index in [0.29, 0.717) is 17.9 Å². The van der Waals surface area contributed by atoms with Crippen molar-refractivity contribution in [3.63, 3.8) is 0 Å². The first-order chi connectivity index (χ1) is 15.1. The van der Waals surface area contributed by atoms with Crippen LogP contribution in [0.4, 0.5) is 0 Å². The standard InChI is InChI=1S/C26H24O5/c1-17-14-26(27)31-25-15-22(12-13-23(17)25)30-16-24(18-4-8-20(28-2)9-5-18)19-6-10-21(29-3)11-7-19/h4-15,24H,16H2,1-3H3. The van der Waals surface area contributed by atoms with Gasteiger partial charge in [0.1, 0.15) is 22.8 Å². The summed E-state index contributed by atoms with van der Waals surface area (Å²) in [5.74, 6) is 2.25. The van der Waals surface area contributed by atoms with Crippen molar-refractivity contribution in [3.05, 3.63) is 99.9 Å². The molecule has 0 unspecified atom stereocenters. The minimum Gasteiger partial charge on any atom is -0.497 e. The lowest BCUT2D eigenvalue weighted by Gasteiger charge is -2.20. The van der Waals surface area contributed by atoms with Gasteiger partial charge in [-0.2, -0.15) is 0 Å². The van der Waals surface area contributed by atoms with Crippen LogP contribution in [0.25, 0.3) is 11.0 Å². The third-order valence-corrected chi connectivity index (χ3v) is 5.38. The highest BCUT2D eigenvalue weighted by Crippen LogP contribution is 2.30. The Hall–Kier alpha value is -3.73. The summed E-state index contributed by atoms with van der Waals surface area (Å²) in [6.45, 7) is 2.31. The van der Waals surface area contributed by atoms with Gasteiger partial charge in [-0.05, 0) is 60.0 Å². The molecule has 0 atom stereocenters. The number of aryl methyl sites for hydroxylation is 1. The van der Waals surface area contributed by atoms with E-state index in [1.807, 2.05) is 67.6 Å². The summed E-state index contributed by atoms with van der Waals surface area (Å²) in [7, 11) is 3.30. The lowest BCUT2D eigenvalue weighted by atomic mass is 9.92. The van der Waals surface area contributed by atoms with E-state index in [2.05, 4.69) is 0 Å². The Morgan fingerprint density at radius 2 is 1.32 bits per heavy atom. The Balaban J connectivity index is 1.63. The fraction of sp³-hybridized carbons (Fsp3) is 0.192. The number of hydrogen-bond acceptors (Lipinski definition) is 5. The molecule has 5 heteroatoms. The average molecular weight is 416 g/mol. The number of hydrogen-bond donors (Lipinski definition) is 0. The van der Waals surface area contributed by atoms with E-state index < -0.39 is 0 Å². The predicted octanol–water partition coefficient (Wildman–Crippen LogP) is 5.33. The maximum atomic E-state index is 11.7. The highest BCUT2D eigenvalue weighted by molar-refractivity contribution is 5.81. The number of fused-ring (bicyclic) bond motifs is 1. The SMILES string of the molecule is COc1ccc(C(COc2ccc3c(C)cc(=O)oc3c2)c2ccc(OC)cc2)cc1. The molecule has 0 saturated heterocycles. The van der Waals surface area contributed by atoms with Crippen molar-refractivity contribution >= 4 is 11.0 Å². The van der Waals surface area contributed by atoms with Gasteiger partial charge in [0.2, 0.25) is 0 Å². The third kappa shape index (κ3) is 4.56. The zero-order chi connectivity index (χ0) is 21.8. The summed E-state index contributed by atoms with van der Waals surface area (Å²) in [6, 6.07) is 23.0. The monoisotopic (exact) mass is 416 g/mol. The van der Waals surface area contributed by atoms with Crippen molar-refractivity contribution in [2.75, 3.05) is 20.8 Å². The van der Waals surface area contributed by atoms with E-state index in [4.69, 9.17) is 18.6 Å². The molecule has 1 aromatic heterocycles. The van der Waals surface area contributed by atoms with Gasteiger partial charge in [0.05, 0.1) is 20.8 Å². The molecule has 0 bridgehead atoms. The first-order valence-electron chi connectivity index (χ1n) is 10.0. The fourth-order valence-electron chi connectivity index (χ4n) is 3.63. The zero-order valence-corrected chi connectivity index (χ0v) is 17.8. The first-order valence-corrected chi connectivity index (χ1v) is 10.0. The molecule has 31 heavy (non-hydrogen) atoms. The smallest absolute Gasteiger partial charge is 0.336 e. The van der Waals surface area contributed by atoms with Crippen LogP contribution in [0, 0.1) is 6.92 Å². The van der Waals surface area contributed by atoms with Gasteiger partial charge in [-0.25, -0.2) is 4.79 Å². The Labute approximate surface area is 180 Å². The van der Waals surface area contributed by atoms with Crippen molar-refractivity contribution in [2.45, 2.75) is 12.8 Å². The molecule has 0 aliphatic rings. The van der Waals surface area contributed by atoms with E-state index in [-0.39, 0.29) is 11.5 Å². The summed E-state index contributed by atoms with van der Waals surface area (Å²) < 4.78 is 22.1. The van der Waals surface area contributed by atoms with Gasteiger partial charge in [0.15, 0.2) is 0 Å². The van der Waals surface area contributed by atoms with Crippen LogP contribution in [0.15, 0.2) is 82.0 Å². The normalized spacial score (nSPS) is 11.0. The molecule has 4 rings (SSSR count). The highest BCUT2D eigenvalue weighted by atomic mass is 16.5. The Kier molecular flexibility index (Phi) is 5.94. The van der Waals surface area contributed by atoms with Gasteiger partial charge >= 0.3 is 5.63 Å². The zero-order valence-electron chi connectivity index (χ0n) is 17.8. The predicted molar refractivity (Wildman–Crippen MR) is 121 cm³/mol. The number of ether oxygens (including phenoxy) is 3. The van der Waals surface area contributed by atoms with Crippen LogP contribution in [0.5, 0.6) is 17.2 Å². The van der Waals surface area contributed by atoms with Crippen molar-refractivity contribution < 1.29 is 18.6 Å². The van der Waals surface area contributed by atoms with Crippen molar-refractivity contribution in [1.82, 2.24) is 0 Å². The Bertz CT molecular complexity index is 1180. The minimum absolute atomic E-state index is 0.00275. The molecule has 3 aromatic carbocycles. The number of rotatable bonds is 7. The van der Waals surface area contributed by atoms with Crippen LogP contribution >= 0.6 is 0 Å². The summed E-state index contributed by atoms with van der Waals surface area (Å²) in [5, 5.41) is 0.897. The second-order valence-corrected chi connectivity index (χ2v) is 7.32. The Morgan fingerprint density at radius 3 is 1.87 bits per heavy atom. The summed E-state index contributed by atoms with van der Waals surface area (Å²) in [6.07, 6.45) is 0. The lowest BCUT2D eigenvalue weighted by molar-refractivity contribution is 0.303. The molecule has 5 nitrogen and oxygen atoms in total. The lowest BCUT2D eigenvalue weighted by Crippen LogP contribution is -2.12. The van der Waals surface area contributed by atoms with Gasteiger partial charge in [0.25, 0.3) is 0 Å². The van der Waals surface area contributed by atoms with Crippen LogP contribution in [-0.2, 0) is 0 Å². The second kappa shape index (κ2) is 8.96. The first kappa shape index (κ1) is 20.5. The van der Waals surface area contributed by atoms with E-state index in [1.165, 1.54) is 6.07 Å². The third-order valence-electron chi connectivity index (χ3n) is 5.38. The molecule has 0 spiro atoms. The van der Waals surface area contributed by atoms with Gasteiger partial charge in [-0.15, -0.1) is 0 Å². The largest absolute Gasteiger partial charge is 0.497 e. The molecule has 0 aliphatic heterocycles. The molecular weight excluding hydrogens is 392 g/mol. The summed E-state index contributed by atoms with van der Waals surface area (Å²) >= 11 is 0. The van der Waals surface area contributed by atoms with Gasteiger partial charge in [-0.3, -0.25) is 0 Å².